The fraction of sp³-hybridized carbons (Fsp3) is 0.346. The van der Waals surface area contributed by atoms with E-state index in [1.165, 1.54) is 21.6 Å². The molecule has 0 radical (unpaired) electrons. The molecule has 1 fully saturated rings. The first kappa shape index (κ1) is 21.9. The van der Waals surface area contributed by atoms with E-state index < -0.39 is 0 Å². The number of anilines is 1. The van der Waals surface area contributed by atoms with Crippen LogP contribution in [0.15, 0.2) is 71.9 Å². The second-order valence-corrected chi connectivity index (χ2v) is 9.52. The minimum absolute atomic E-state index is 0.0886. The average molecular weight is 460 g/mol. The summed E-state index contributed by atoms with van der Waals surface area (Å²) in [4.78, 5) is 27.6. The zero-order valence-electron chi connectivity index (χ0n) is 18.7. The fourth-order valence-electron chi connectivity index (χ4n) is 4.60. The molecule has 0 saturated carbocycles. The second kappa shape index (κ2) is 10.4. The highest BCUT2D eigenvalue weighted by Gasteiger charge is 2.25. The normalized spacial score (nSPS) is 18.2. The van der Waals surface area contributed by atoms with Crippen molar-refractivity contribution in [2.75, 3.05) is 37.6 Å². The molecule has 0 bridgehead atoms. The minimum atomic E-state index is -0.0886. The van der Waals surface area contributed by atoms with Gasteiger partial charge in [-0.25, -0.2) is 9.97 Å². The lowest BCUT2D eigenvalue weighted by atomic mass is 9.95. The van der Waals surface area contributed by atoms with Crippen molar-refractivity contribution in [3.8, 4) is 0 Å². The first-order valence-corrected chi connectivity index (χ1v) is 12.6. The van der Waals surface area contributed by atoms with Crippen molar-refractivity contribution in [3.05, 3.63) is 83.7 Å². The van der Waals surface area contributed by atoms with Gasteiger partial charge in [-0.3, -0.25) is 9.69 Å². The molecule has 1 amide bonds. The van der Waals surface area contributed by atoms with Gasteiger partial charge in [0.15, 0.2) is 0 Å². The number of carbonyl (C=O) groups is 1. The minimum Gasteiger partial charge on any atom is -0.345 e. The van der Waals surface area contributed by atoms with E-state index >= 15 is 0 Å². The summed E-state index contributed by atoms with van der Waals surface area (Å²) in [5.41, 5.74) is 3.70. The van der Waals surface area contributed by atoms with Gasteiger partial charge in [0, 0.05) is 55.6 Å². The van der Waals surface area contributed by atoms with Gasteiger partial charge in [-0.1, -0.05) is 42.5 Å². The Morgan fingerprint density at radius 1 is 0.939 bits per heavy atom. The SMILES string of the molecule is O=C(CCCN1CCN(c2ncccn2)CC1)NC1c2ccccc2CSc2ccccc21. The van der Waals surface area contributed by atoms with E-state index in [1.54, 1.807) is 12.4 Å². The summed E-state index contributed by atoms with van der Waals surface area (Å²) in [5, 5.41) is 3.34. The molecule has 2 aromatic carbocycles. The van der Waals surface area contributed by atoms with Crippen LogP contribution in [-0.4, -0.2) is 53.5 Å². The van der Waals surface area contributed by atoms with E-state index in [4.69, 9.17) is 0 Å². The van der Waals surface area contributed by atoms with Crippen molar-refractivity contribution in [3.63, 3.8) is 0 Å². The van der Waals surface area contributed by atoms with Gasteiger partial charge in [0.1, 0.15) is 0 Å². The number of nitrogens with one attached hydrogen (secondary N) is 1. The van der Waals surface area contributed by atoms with E-state index in [0.717, 1.165) is 50.8 Å². The van der Waals surface area contributed by atoms with Crippen molar-refractivity contribution in [2.45, 2.75) is 29.5 Å². The van der Waals surface area contributed by atoms with Crippen molar-refractivity contribution >= 4 is 23.6 Å². The Hall–Kier alpha value is -2.90. The van der Waals surface area contributed by atoms with Crippen LogP contribution < -0.4 is 10.2 Å². The maximum absolute atomic E-state index is 13.0. The highest BCUT2D eigenvalue weighted by atomic mass is 32.2. The van der Waals surface area contributed by atoms with Crippen molar-refractivity contribution < 1.29 is 4.79 Å². The number of benzene rings is 2. The summed E-state index contributed by atoms with van der Waals surface area (Å²) in [5.74, 6) is 1.85. The monoisotopic (exact) mass is 459 g/mol. The van der Waals surface area contributed by atoms with Crippen LogP contribution in [0.5, 0.6) is 0 Å². The summed E-state index contributed by atoms with van der Waals surface area (Å²) < 4.78 is 0. The molecule has 2 aliphatic heterocycles. The molecule has 0 aliphatic carbocycles. The first-order chi connectivity index (χ1) is 16.3. The van der Waals surface area contributed by atoms with Crippen molar-refractivity contribution in [2.24, 2.45) is 0 Å². The molecule has 1 saturated heterocycles. The molecular weight excluding hydrogens is 430 g/mol. The van der Waals surface area contributed by atoms with Crippen LogP contribution >= 0.6 is 11.8 Å². The van der Waals surface area contributed by atoms with E-state index in [9.17, 15) is 4.79 Å². The second-order valence-electron chi connectivity index (χ2n) is 8.51. The van der Waals surface area contributed by atoms with Crippen LogP contribution in [0, 0.1) is 0 Å². The summed E-state index contributed by atoms with van der Waals surface area (Å²) in [6.45, 7) is 4.72. The molecule has 170 valence electrons. The van der Waals surface area contributed by atoms with E-state index in [-0.39, 0.29) is 11.9 Å². The standard InChI is InChI=1S/C26H29N5OS/c32-24(11-5-14-30-15-17-31(18-16-30)26-27-12-6-13-28-26)29-25-21-8-2-1-7-20(21)19-33-23-10-4-3-9-22(23)25/h1-4,6-10,12-13,25H,5,11,14-19H2,(H,29,32). The number of rotatable bonds is 6. The number of hydrogen-bond acceptors (Lipinski definition) is 6. The zero-order valence-corrected chi connectivity index (χ0v) is 19.5. The molecule has 0 spiro atoms. The van der Waals surface area contributed by atoms with Crippen LogP contribution in [0.2, 0.25) is 0 Å². The maximum atomic E-state index is 13.0. The lowest BCUT2D eigenvalue weighted by molar-refractivity contribution is -0.121. The summed E-state index contributed by atoms with van der Waals surface area (Å²) in [6.07, 6.45) is 4.97. The molecule has 1 atom stereocenters. The van der Waals surface area contributed by atoms with Crippen molar-refractivity contribution in [1.29, 1.82) is 0 Å². The Balaban J connectivity index is 1.15. The lowest BCUT2D eigenvalue weighted by Crippen LogP contribution is -2.47. The Morgan fingerprint density at radius 3 is 2.48 bits per heavy atom. The zero-order chi connectivity index (χ0) is 22.5. The molecule has 6 nitrogen and oxygen atoms in total. The van der Waals surface area contributed by atoms with Crippen LogP contribution in [0.25, 0.3) is 0 Å². The Morgan fingerprint density at radius 2 is 1.67 bits per heavy atom. The number of hydrogen-bond donors (Lipinski definition) is 1. The third kappa shape index (κ3) is 5.20. The number of thioether (sulfide) groups is 1. The molecular formula is C26H29N5OS. The highest BCUT2D eigenvalue weighted by molar-refractivity contribution is 7.98. The van der Waals surface area contributed by atoms with Gasteiger partial charge in [0.25, 0.3) is 0 Å². The quantitative estimate of drug-likeness (QED) is 0.604. The first-order valence-electron chi connectivity index (χ1n) is 11.6. The predicted molar refractivity (Wildman–Crippen MR) is 132 cm³/mol. The molecule has 3 aromatic rings. The lowest BCUT2D eigenvalue weighted by Gasteiger charge is -2.34. The topological polar surface area (TPSA) is 61.4 Å². The van der Waals surface area contributed by atoms with Gasteiger partial charge < -0.3 is 10.2 Å². The molecule has 3 heterocycles. The van der Waals surface area contributed by atoms with Gasteiger partial charge in [-0.15, -0.1) is 11.8 Å². The number of fused-ring (bicyclic) bond motifs is 2. The van der Waals surface area contributed by atoms with Crippen LogP contribution in [0.4, 0.5) is 5.95 Å². The largest absolute Gasteiger partial charge is 0.345 e. The van der Waals surface area contributed by atoms with E-state index in [0.29, 0.717) is 6.42 Å². The smallest absolute Gasteiger partial charge is 0.225 e. The number of nitrogens with zero attached hydrogens (tertiary/aromatic N) is 4. The Kier molecular flexibility index (Phi) is 6.88. The predicted octanol–water partition coefficient (Wildman–Crippen LogP) is 3.89. The van der Waals surface area contributed by atoms with Gasteiger partial charge in [-0.05, 0) is 41.8 Å². The number of piperazine rings is 1. The third-order valence-corrected chi connectivity index (χ3v) is 7.51. The van der Waals surface area contributed by atoms with E-state index in [2.05, 4.69) is 73.6 Å². The molecule has 33 heavy (non-hydrogen) atoms. The van der Waals surface area contributed by atoms with Crippen LogP contribution in [0.3, 0.4) is 0 Å². The Labute approximate surface area is 199 Å². The summed E-state index contributed by atoms with van der Waals surface area (Å²) in [7, 11) is 0. The third-order valence-electron chi connectivity index (χ3n) is 6.37. The molecule has 2 aliphatic rings. The molecule has 5 rings (SSSR count). The van der Waals surface area contributed by atoms with Gasteiger partial charge in [-0.2, -0.15) is 0 Å². The van der Waals surface area contributed by atoms with Crippen molar-refractivity contribution in [1.82, 2.24) is 20.2 Å². The fourth-order valence-corrected chi connectivity index (χ4v) is 5.70. The average Bonchev–Trinajstić information content (AvgIpc) is 3.02. The maximum Gasteiger partial charge on any atom is 0.225 e. The van der Waals surface area contributed by atoms with Gasteiger partial charge in [0.2, 0.25) is 11.9 Å². The molecule has 7 heteroatoms. The van der Waals surface area contributed by atoms with Crippen LogP contribution in [0.1, 0.15) is 35.6 Å². The van der Waals surface area contributed by atoms with Gasteiger partial charge in [0.05, 0.1) is 6.04 Å². The molecule has 1 unspecified atom stereocenters. The number of aromatic nitrogens is 2. The molecule has 1 N–H and O–H groups in total. The van der Waals surface area contributed by atoms with Crippen LogP contribution in [-0.2, 0) is 10.5 Å². The number of amides is 1. The van der Waals surface area contributed by atoms with E-state index in [1.807, 2.05) is 17.8 Å². The highest BCUT2D eigenvalue weighted by Crippen LogP contribution is 2.39. The Bertz CT molecular complexity index is 1040. The van der Waals surface area contributed by atoms with Gasteiger partial charge >= 0.3 is 0 Å². The summed E-state index contributed by atoms with van der Waals surface area (Å²) in [6, 6.07) is 18.7. The summed E-state index contributed by atoms with van der Waals surface area (Å²) >= 11 is 1.85. The number of carbonyl (C=O) groups excluding carboxylic acids is 1. The molecule has 1 aromatic heterocycles.